The highest BCUT2D eigenvalue weighted by molar-refractivity contribution is 5.61. The van der Waals surface area contributed by atoms with E-state index < -0.39 is 0 Å². The van der Waals surface area contributed by atoms with Crippen molar-refractivity contribution in [1.29, 1.82) is 0 Å². The van der Waals surface area contributed by atoms with E-state index in [4.69, 9.17) is 0 Å². The molecule has 0 saturated heterocycles. The zero-order chi connectivity index (χ0) is 16.5. The van der Waals surface area contributed by atoms with Crippen molar-refractivity contribution in [3.63, 3.8) is 0 Å². The molecule has 3 heteroatoms. The second kappa shape index (κ2) is 6.57. The number of anilines is 1. The Hall–Kier alpha value is -1.09. The van der Waals surface area contributed by atoms with Crippen molar-refractivity contribution in [3.05, 3.63) is 29.1 Å². The topological polar surface area (TPSA) is 15.3 Å². The molecule has 0 saturated carbocycles. The molecule has 2 nitrogen and oxygen atoms in total. The SMILES string of the molecule is CCCN1c2cc(F)c(CNC(C)C)cc2[C@H](C)CC1(C)C. The van der Waals surface area contributed by atoms with Gasteiger partial charge in [-0.1, -0.05) is 27.7 Å². The highest BCUT2D eigenvalue weighted by Gasteiger charge is 2.36. The van der Waals surface area contributed by atoms with Gasteiger partial charge in [0.15, 0.2) is 0 Å². The minimum atomic E-state index is -0.0853. The zero-order valence-electron chi connectivity index (χ0n) is 15.0. The van der Waals surface area contributed by atoms with E-state index in [-0.39, 0.29) is 11.4 Å². The lowest BCUT2D eigenvalue weighted by molar-refractivity contribution is 0.374. The maximum Gasteiger partial charge on any atom is 0.129 e. The van der Waals surface area contributed by atoms with Crippen LogP contribution in [0.2, 0.25) is 0 Å². The Kier molecular flexibility index (Phi) is 5.16. The van der Waals surface area contributed by atoms with E-state index in [0.29, 0.717) is 18.5 Å². The molecule has 1 aromatic carbocycles. The van der Waals surface area contributed by atoms with Gasteiger partial charge < -0.3 is 10.2 Å². The molecule has 0 spiro atoms. The molecular weight excluding hydrogens is 275 g/mol. The predicted molar refractivity (Wildman–Crippen MR) is 93.1 cm³/mol. The highest BCUT2D eigenvalue weighted by atomic mass is 19.1. The van der Waals surface area contributed by atoms with Gasteiger partial charge in [-0.25, -0.2) is 4.39 Å². The average Bonchev–Trinajstić information content (AvgIpc) is 2.41. The van der Waals surface area contributed by atoms with Crippen LogP contribution < -0.4 is 10.2 Å². The molecule has 0 unspecified atom stereocenters. The lowest BCUT2D eigenvalue weighted by atomic mass is 9.79. The smallest absolute Gasteiger partial charge is 0.129 e. The monoisotopic (exact) mass is 306 g/mol. The third kappa shape index (κ3) is 3.45. The van der Waals surface area contributed by atoms with Crippen molar-refractivity contribution in [2.45, 2.75) is 78.4 Å². The maximum atomic E-state index is 14.6. The summed E-state index contributed by atoms with van der Waals surface area (Å²) in [7, 11) is 0. The highest BCUT2D eigenvalue weighted by Crippen LogP contribution is 2.44. The van der Waals surface area contributed by atoms with Gasteiger partial charge in [0.25, 0.3) is 0 Å². The van der Waals surface area contributed by atoms with Crippen molar-refractivity contribution in [2.24, 2.45) is 0 Å². The molecule has 1 atom stereocenters. The molecular formula is C19H31FN2. The minimum absolute atomic E-state index is 0.0853. The molecule has 1 N–H and O–H groups in total. The third-order valence-corrected chi connectivity index (χ3v) is 4.70. The summed E-state index contributed by atoms with van der Waals surface area (Å²) in [6, 6.07) is 4.21. The molecule has 1 aliphatic rings. The summed E-state index contributed by atoms with van der Waals surface area (Å²) in [5.41, 5.74) is 3.27. The number of fused-ring (bicyclic) bond motifs is 1. The number of nitrogens with one attached hydrogen (secondary N) is 1. The molecule has 0 aliphatic carbocycles. The van der Waals surface area contributed by atoms with E-state index in [0.717, 1.165) is 30.6 Å². The Bertz CT molecular complexity index is 522. The van der Waals surface area contributed by atoms with Gasteiger partial charge >= 0.3 is 0 Å². The van der Waals surface area contributed by atoms with Gasteiger partial charge in [-0.2, -0.15) is 0 Å². The standard InChI is InChI=1S/C19H31FN2/c1-7-8-22-18-10-17(20)15(12-21-13(2)3)9-16(18)14(4)11-19(22,5)6/h9-10,13-14,21H,7-8,11-12H2,1-6H3/t14-/m1/s1. The number of hydrogen-bond donors (Lipinski definition) is 1. The van der Waals surface area contributed by atoms with Crippen LogP contribution in [0.25, 0.3) is 0 Å². The van der Waals surface area contributed by atoms with Crippen LogP contribution in [-0.2, 0) is 6.54 Å². The Balaban J connectivity index is 2.41. The summed E-state index contributed by atoms with van der Waals surface area (Å²) in [5, 5.41) is 3.32. The lowest BCUT2D eigenvalue weighted by Gasteiger charge is -2.47. The second-order valence-electron chi connectivity index (χ2n) is 7.61. The van der Waals surface area contributed by atoms with Crippen LogP contribution in [-0.4, -0.2) is 18.1 Å². The first-order valence-corrected chi connectivity index (χ1v) is 8.59. The van der Waals surface area contributed by atoms with E-state index in [1.807, 2.05) is 0 Å². The fraction of sp³-hybridized carbons (Fsp3) is 0.684. The van der Waals surface area contributed by atoms with Gasteiger partial charge in [0, 0.05) is 35.9 Å². The number of nitrogens with zero attached hydrogens (tertiary/aromatic N) is 1. The molecule has 1 heterocycles. The van der Waals surface area contributed by atoms with Crippen molar-refractivity contribution in [1.82, 2.24) is 5.32 Å². The Labute approximate surface area is 135 Å². The van der Waals surface area contributed by atoms with Crippen LogP contribution in [0.15, 0.2) is 12.1 Å². The Morgan fingerprint density at radius 3 is 2.64 bits per heavy atom. The van der Waals surface area contributed by atoms with Gasteiger partial charge in [0.05, 0.1) is 0 Å². The van der Waals surface area contributed by atoms with Gasteiger partial charge in [-0.05, 0) is 50.3 Å². The van der Waals surface area contributed by atoms with Crippen LogP contribution in [0.4, 0.5) is 10.1 Å². The summed E-state index contributed by atoms with van der Waals surface area (Å²) >= 11 is 0. The maximum absolute atomic E-state index is 14.6. The summed E-state index contributed by atoms with van der Waals surface area (Å²) < 4.78 is 14.6. The fourth-order valence-corrected chi connectivity index (χ4v) is 3.65. The largest absolute Gasteiger partial charge is 0.366 e. The van der Waals surface area contributed by atoms with E-state index in [1.54, 1.807) is 6.07 Å². The van der Waals surface area contributed by atoms with Crippen molar-refractivity contribution in [2.75, 3.05) is 11.4 Å². The quantitative estimate of drug-likeness (QED) is 0.838. The zero-order valence-corrected chi connectivity index (χ0v) is 15.0. The van der Waals surface area contributed by atoms with Crippen LogP contribution >= 0.6 is 0 Å². The average molecular weight is 306 g/mol. The van der Waals surface area contributed by atoms with Crippen molar-refractivity contribution in [3.8, 4) is 0 Å². The van der Waals surface area contributed by atoms with Crippen LogP contribution in [0.3, 0.4) is 0 Å². The molecule has 0 aromatic heterocycles. The van der Waals surface area contributed by atoms with E-state index in [2.05, 4.69) is 57.8 Å². The van der Waals surface area contributed by atoms with Gasteiger partial charge in [-0.3, -0.25) is 0 Å². The van der Waals surface area contributed by atoms with Crippen LogP contribution in [0.1, 0.15) is 71.4 Å². The first-order chi connectivity index (χ1) is 10.3. The van der Waals surface area contributed by atoms with Gasteiger partial charge in [0.2, 0.25) is 0 Å². The van der Waals surface area contributed by atoms with Crippen LogP contribution in [0, 0.1) is 5.82 Å². The molecule has 0 radical (unpaired) electrons. The van der Waals surface area contributed by atoms with Gasteiger partial charge in [0.1, 0.15) is 5.82 Å². The first-order valence-electron chi connectivity index (χ1n) is 8.59. The number of halogens is 1. The molecule has 1 aromatic rings. The summed E-state index contributed by atoms with van der Waals surface area (Å²) in [4.78, 5) is 2.39. The molecule has 124 valence electrons. The minimum Gasteiger partial charge on any atom is -0.366 e. The predicted octanol–water partition coefficient (Wildman–Crippen LogP) is 4.83. The van der Waals surface area contributed by atoms with Crippen LogP contribution in [0.5, 0.6) is 0 Å². The van der Waals surface area contributed by atoms with E-state index >= 15 is 0 Å². The first kappa shape index (κ1) is 17.3. The second-order valence-corrected chi connectivity index (χ2v) is 7.61. The third-order valence-electron chi connectivity index (χ3n) is 4.70. The molecule has 0 amide bonds. The summed E-state index contributed by atoms with van der Waals surface area (Å²) in [5.74, 6) is 0.384. The number of hydrogen-bond acceptors (Lipinski definition) is 2. The molecule has 0 fully saturated rings. The van der Waals surface area contributed by atoms with E-state index in [1.165, 1.54) is 5.56 Å². The number of benzene rings is 1. The number of rotatable bonds is 5. The molecule has 22 heavy (non-hydrogen) atoms. The summed E-state index contributed by atoms with van der Waals surface area (Å²) in [6.07, 6.45) is 2.19. The van der Waals surface area contributed by atoms with Crippen molar-refractivity contribution < 1.29 is 4.39 Å². The molecule has 2 rings (SSSR count). The summed E-state index contributed by atoms with van der Waals surface area (Å²) in [6.45, 7) is 14.8. The van der Waals surface area contributed by atoms with Crippen molar-refractivity contribution >= 4 is 5.69 Å². The normalized spacial score (nSPS) is 20.4. The molecule has 1 aliphatic heterocycles. The fourth-order valence-electron chi connectivity index (χ4n) is 3.65. The lowest BCUT2D eigenvalue weighted by Crippen LogP contribution is -2.48. The Morgan fingerprint density at radius 2 is 2.05 bits per heavy atom. The Morgan fingerprint density at radius 1 is 1.36 bits per heavy atom. The molecule has 0 bridgehead atoms. The van der Waals surface area contributed by atoms with Gasteiger partial charge in [-0.15, -0.1) is 0 Å². The van der Waals surface area contributed by atoms with E-state index in [9.17, 15) is 4.39 Å².